The zero-order valence-corrected chi connectivity index (χ0v) is 33.3. The van der Waals surface area contributed by atoms with Crippen molar-refractivity contribution >= 4 is 40.2 Å². The minimum absolute atomic E-state index is 0.150. The molecular formula is C47H48F3N5O5. The van der Waals surface area contributed by atoms with Gasteiger partial charge in [-0.2, -0.15) is 0 Å². The summed E-state index contributed by atoms with van der Waals surface area (Å²) in [6.45, 7) is 7.11. The van der Waals surface area contributed by atoms with Crippen LogP contribution in [0, 0.1) is 5.92 Å². The molecule has 3 fully saturated rings. The topological polar surface area (TPSA) is 106 Å². The fourth-order valence-corrected chi connectivity index (χ4v) is 9.77. The first kappa shape index (κ1) is 39.6. The Morgan fingerprint density at radius 2 is 1.38 bits per heavy atom. The van der Waals surface area contributed by atoms with E-state index >= 15 is 0 Å². The lowest BCUT2D eigenvalue weighted by atomic mass is 9.87. The van der Waals surface area contributed by atoms with Gasteiger partial charge in [-0.25, -0.2) is 0 Å². The van der Waals surface area contributed by atoms with Gasteiger partial charge >= 0.3 is 6.36 Å². The molecule has 1 atom stereocenters. The number of halogens is 3. The number of piperazine rings is 1. The van der Waals surface area contributed by atoms with E-state index in [0.717, 1.165) is 128 Å². The molecule has 2 N–H and O–H groups in total. The number of nitrogens with one attached hydrogen (secondary N) is 1. The summed E-state index contributed by atoms with van der Waals surface area (Å²) >= 11 is 0. The zero-order valence-electron chi connectivity index (χ0n) is 33.3. The molecule has 3 amide bonds. The molecule has 4 aromatic carbocycles. The molecule has 312 valence electrons. The van der Waals surface area contributed by atoms with Crippen molar-refractivity contribution in [2.24, 2.45) is 5.92 Å². The smallest absolute Gasteiger partial charge is 0.508 e. The van der Waals surface area contributed by atoms with E-state index in [1.165, 1.54) is 12.1 Å². The zero-order chi connectivity index (χ0) is 41.5. The molecule has 60 heavy (non-hydrogen) atoms. The second-order valence-corrected chi connectivity index (χ2v) is 16.6. The molecule has 10 nitrogen and oxygen atoms in total. The van der Waals surface area contributed by atoms with Crippen LogP contribution in [0.25, 0.3) is 11.1 Å². The summed E-state index contributed by atoms with van der Waals surface area (Å²) in [6.07, 6.45) is 0.392. The Kier molecular flexibility index (Phi) is 10.8. The highest BCUT2D eigenvalue weighted by molar-refractivity contribution is 6.05. The number of rotatable bonds is 8. The van der Waals surface area contributed by atoms with Crippen molar-refractivity contribution < 1.29 is 37.4 Å². The van der Waals surface area contributed by atoms with Crippen molar-refractivity contribution in [1.29, 1.82) is 0 Å². The number of alkyl halides is 3. The van der Waals surface area contributed by atoms with Crippen LogP contribution in [0.1, 0.15) is 76.7 Å². The number of fused-ring (bicyclic) bond motifs is 2. The van der Waals surface area contributed by atoms with Crippen molar-refractivity contribution in [1.82, 2.24) is 15.1 Å². The summed E-state index contributed by atoms with van der Waals surface area (Å²) in [7, 11) is 0. The Labute approximate surface area is 347 Å². The highest BCUT2D eigenvalue weighted by atomic mass is 19.4. The molecule has 5 aliphatic rings. The maximum Gasteiger partial charge on any atom is 0.573 e. The molecule has 4 heterocycles. The van der Waals surface area contributed by atoms with Crippen molar-refractivity contribution in [3.05, 3.63) is 118 Å². The summed E-state index contributed by atoms with van der Waals surface area (Å²) in [6, 6.07) is 25.6. The summed E-state index contributed by atoms with van der Waals surface area (Å²) in [5.74, 6) is -0.267. The molecule has 13 heteroatoms. The van der Waals surface area contributed by atoms with E-state index in [9.17, 15) is 32.7 Å². The first-order valence-corrected chi connectivity index (χ1v) is 21.0. The summed E-state index contributed by atoms with van der Waals surface area (Å²) in [4.78, 5) is 46.3. The minimum Gasteiger partial charge on any atom is -0.508 e. The van der Waals surface area contributed by atoms with E-state index in [4.69, 9.17) is 0 Å². The standard InChI is InChI=1S/C47H48F3N5O5/c48-47(49,50)60-38-12-6-31(7-13-38)39-3-1-2-33-27-37(56)11-15-40(33)44(39)32-4-8-35(9-5-32)53-20-18-30(19-21-53)28-52-22-24-54(25-23-52)36-10-14-41-34(26-36)29-55(46(41)59)42-16-17-43(57)51-45(42)58/h4-15,26-27,30,42,56H,1-3,16-25,28-29H2,(H,51,57,58)/t42-/m1/s1. The molecule has 4 aromatic rings. The van der Waals surface area contributed by atoms with Crippen LogP contribution in [-0.4, -0.2) is 90.8 Å². The first-order chi connectivity index (χ1) is 29.0. The van der Waals surface area contributed by atoms with Crippen LogP contribution in [-0.2, 0) is 22.6 Å². The van der Waals surface area contributed by atoms with Crippen LogP contribution in [0.3, 0.4) is 0 Å². The van der Waals surface area contributed by atoms with Crippen molar-refractivity contribution in [2.45, 2.75) is 63.9 Å². The molecule has 9 rings (SSSR count). The highest BCUT2D eigenvalue weighted by Crippen LogP contribution is 2.42. The van der Waals surface area contributed by atoms with Gasteiger partial charge in [0.05, 0.1) is 0 Å². The maximum atomic E-state index is 13.2. The summed E-state index contributed by atoms with van der Waals surface area (Å²) in [5.41, 5.74) is 9.83. The molecule has 0 unspecified atom stereocenters. The number of piperidine rings is 2. The molecular weight excluding hydrogens is 772 g/mol. The number of aromatic hydroxyl groups is 1. The fourth-order valence-electron chi connectivity index (χ4n) is 9.77. The van der Waals surface area contributed by atoms with Gasteiger partial charge in [0.1, 0.15) is 17.5 Å². The van der Waals surface area contributed by atoms with E-state index in [1.54, 1.807) is 23.1 Å². The molecule has 0 saturated carbocycles. The lowest BCUT2D eigenvalue weighted by Crippen LogP contribution is -2.52. The third-order valence-electron chi connectivity index (χ3n) is 12.9. The number of imide groups is 1. The monoisotopic (exact) mass is 819 g/mol. The average molecular weight is 820 g/mol. The number of ether oxygens (including phenoxy) is 1. The Hall–Kier alpha value is -5.82. The number of aryl methyl sites for hydroxylation is 1. The molecule has 1 aliphatic carbocycles. The second-order valence-electron chi connectivity index (χ2n) is 16.6. The normalized spacial score (nSPS) is 20.6. The first-order valence-electron chi connectivity index (χ1n) is 21.0. The van der Waals surface area contributed by atoms with Crippen LogP contribution >= 0.6 is 0 Å². The number of carbonyl (C=O) groups excluding carboxylic acids is 3. The number of phenols is 1. The number of nitrogens with zero attached hydrogens (tertiary/aromatic N) is 4. The van der Waals surface area contributed by atoms with Crippen LogP contribution < -0.4 is 19.9 Å². The van der Waals surface area contributed by atoms with E-state index in [2.05, 4.69) is 55.1 Å². The maximum absolute atomic E-state index is 13.2. The second kappa shape index (κ2) is 16.3. The predicted molar refractivity (Wildman–Crippen MR) is 223 cm³/mol. The summed E-state index contributed by atoms with van der Waals surface area (Å²) < 4.78 is 42.8. The van der Waals surface area contributed by atoms with Gasteiger partial charge in [-0.1, -0.05) is 30.3 Å². The van der Waals surface area contributed by atoms with E-state index in [0.29, 0.717) is 24.4 Å². The lowest BCUT2D eigenvalue weighted by molar-refractivity contribution is -0.274. The van der Waals surface area contributed by atoms with Crippen molar-refractivity contribution in [2.75, 3.05) is 55.6 Å². The summed E-state index contributed by atoms with van der Waals surface area (Å²) in [5, 5.41) is 12.7. The van der Waals surface area contributed by atoms with E-state index in [-0.39, 0.29) is 29.7 Å². The van der Waals surface area contributed by atoms with Crippen molar-refractivity contribution in [3.8, 4) is 11.5 Å². The number of phenolic OH excluding ortho intramolecular Hbond substituents is 1. The lowest BCUT2D eigenvalue weighted by Gasteiger charge is -2.40. The fraction of sp³-hybridized carbons (Fsp3) is 0.383. The average Bonchev–Trinajstić information content (AvgIpc) is 3.43. The SMILES string of the molecule is O=C1CC[C@@H](N2Cc3cc(N4CCN(CC5CCN(c6ccc(C7=C(c8ccc(OC(F)(F)F)cc8)CCCc8cc(O)ccc87)cc6)CC5)CC4)ccc3C2=O)C(=O)N1. The molecule has 0 spiro atoms. The molecule has 3 saturated heterocycles. The van der Waals surface area contributed by atoms with Gasteiger partial charge in [0.2, 0.25) is 11.8 Å². The van der Waals surface area contributed by atoms with Crippen molar-refractivity contribution in [3.63, 3.8) is 0 Å². The Morgan fingerprint density at radius 1 is 0.700 bits per heavy atom. The van der Waals surface area contributed by atoms with Gasteiger partial charge in [-0.05, 0) is 138 Å². The van der Waals surface area contributed by atoms with Gasteiger partial charge in [0, 0.05) is 75.7 Å². The van der Waals surface area contributed by atoms with Gasteiger partial charge in [0.15, 0.2) is 0 Å². The minimum atomic E-state index is -4.76. The van der Waals surface area contributed by atoms with Crippen LogP contribution in [0.4, 0.5) is 24.5 Å². The number of carbonyl (C=O) groups is 3. The van der Waals surface area contributed by atoms with Gasteiger partial charge in [-0.3, -0.25) is 24.6 Å². The Bertz CT molecular complexity index is 2310. The van der Waals surface area contributed by atoms with E-state index < -0.39 is 18.3 Å². The number of hydrogen-bond acceptors (Lipinski definition) is 8. The predicted octanol–water partition coefficient (Wildman–Crippen LogP) is 7.39. The van der Waals surface area contributed by atoms with Crippen LogP contribution in [0.2, 0.25) is 0 Å². The van der Waals surface area contributed by atoms with Gasteiger partial charge in [-0.15, -0.1) is 13.2 Å². The largest absolute Gasteiger partial charge is 0.573 e. The van der Waals surface area contributed by atoms with Crippen LogP contribution in [0.5, 0.6) is 11.5 Å². The molecule has 0 bridgehead atoms. The number of hydrogen-bond donors (Lipinski definition) is 2. The molecule has 0 aromatic heterocycles. The number of allylic oxidation sites excluding steroid dienone is 1. The third kappa shape index (κ3) is 8.32. The molecule has 4 aliphatic heterocycles. The number of benzene rings is 4. The quantitative estimate of drug-likeness (QED) is 0.178. The Balaban J connectivity index is 0.810. The van der Waals surface area contributed by atoms with Gasteiger partial charge < -0.3 is 24.5 Å². The third-order valence-corrected chi connectivity index (χ3v) is 12.9. The number of anilines is 2. The number of amides is 3. The van der Waals surface area contributed by atoms with Gasteiger partial charge in [0.25, 0.3) is 5.91 Å². The molecule has 0 radical (unpaired) electrons. The Morgan fingerprint density at radius 3 is 2.10 bits per heavy atom. The highest BCUT2D eigenvalue weighted by Gasteiger charge is 2.39. The van der Waals surface area contributed by atoms with Crippen LogP contribution in [0.15, 0.2) is 84.9 Å². The van der Waals surface area contributed by atoms with E-state index in [1.807, 2.05) is 24.3 Å².